The van der Waals surface area contributed by atoms with E-state index in [0.29, 0.717) is 24.7 Å². The van der Waals surface area contributed by atoms with Crippen LogP contribution in [0.15, 0.2) is 30.4 Å². The Morgan fingerprint density at radius 3 is 2.25 bits per heavy atom. The molecule has 156 valence electrons. The fraction of sp³-hybridized carbons (Fsp3) is 0.692. The molecule has 0 spiro atoms. The molecular weight excluding hydrogens is 347 g/mol. The lowest BCUT2D eigenvalue weighted by Gasteiger charge is -2.37. The molecule has 2 fully saturated rings. The lowest BCUT2D eigenvalue weighted by molar-refractivity contribution is 0.131. The summed E-state index contributed by atoms with van der Waals surface area (Å²) in [5.74, 6) is 3.11. The first-order valence-electron chi connectivity index (χ1n) is 11.7. The minimum Gasteiger partial charge on any atom is -0.377 e. The zero-order valence-corrected chi connectivity index (χ0v) is 18.0. The van der Waals surface area contributed by atoms with Crippen molar-refractivity contribution in [3.05, 3.63) is 47.3 Å². The lowest BCUT2D eigenvalue weighted by atomic mass is 9.68. The summed E-state index contributed by atoms with van der Waals surface area (Å²) < 4.78 is 19.7. The molecule has 0 aromatic heterocycles. The van der Waals surface area contributed by atoms with Crippen LogP contribution in [0.1, 0.15) is 95.1 Å². The van der Waals surface area contributed by atoms with E-state index < -0.39 is 0 Å². The van der Waals surface area contributed by atoms with Crippen LogP contribution in [0.2, 0.25) is 0 Å². The second-order valence-corrected chi connectivity index (χ2v) is 8.99. The molecule has 0 saturated heterocycles. The molecule has 0 unspecified atom stereocenters. The van der Waals surface area contributed by atoms with Gasteiger partial charge in [0, 0.05) is 12.2 Å². The van der Waals surface area contributed by atoms with Gasteiger partial charge in [-0.15, -0.1) is 0 Å². The first kappa shape index (κ1) is 21.6. The monoisotopic (exact) mass is 386 g/mol. The average molecular weight is 387 g/mol. The molecule has 0 radical (unpaired) electrons. The van der Waals surface area contributed by atoms with E-state index in [4.69, 9.17) is 4.74 Å². The van der Waals surface area contributed by atoms with E-state index in [1.54, 1.807) is 6.07 Å². The molecule has 0 atom stereocenters. The summed E-state index contributed by atoms with van der Waals surface area (Å²) in [7, 11) is 0. The summed E-state index contributed by atoms with van der Waals surface area (Å²) in [6, 6.07) is 5.84. The van der Waals surface area contributed by atoms with Gasteiger partial charge in [0.25, 0.3) is 0 Å². The van der Waals surface area contributed by atoms with Crippen molar-refractivity contribution in [2.45, 2.75) is 90.6 Å². The number of halogens is 1. The smallest absolute Gasteiger partial charge is 0.129 e. The lowest BCUT2D eigenvalue weighted by Crippen LogP contribution is -2.25. The average Bonchev–Trinajstić information content (AvgIpc) is 2.74. The molecule has 0 amide bonds. The Labute approximate surface area is 171 Å². The van der Waals surface area contributed by atoms with Crippen molar-refractivity contribution < 1.29 is 9.13 Å². The van der Waals surface area contributed by atoms with E-state index >= 15 is 0 Å². The number of unbranched alkanes of at least 4 members (excludes halogenated alkanes) is 1. The Balaban J connectivity index is 1.45. The summed E-state index contributed by atoms with van der Waals surface area (Å²) in [4.78, 5) is 0. The molecule has 2 aliphatic carbocycles. The molecule has 0 heterocycles. The molecule has 0 N–H and O–H groups in total. The van der Waals surface area contributed by atoms with Crippen molar-refractivity contribution in [3.63, 3.8) is 0 Å². The Morgan fingerprint density at radius 1 is 0.964 bits per heavy atom. The van der Waals surface area contributed by atoms with E-state index in [0.717, 1.165) is 17.8 Å². The van der Waals surface area contributed by atoms with E-state index in [9.17, 15) is 4.39 Å². The Bertz CT molecular complexity index is 607. The molecule has 1 aromatic carbocycles. The number of allylic oxidation sites excluding steroid dienone is 2. The van der Waals surface area contributed by atoms with Crippen molar-refractivity contribution in [1.82, 2.24) is 0 Å². The van der Waals surface area contributed by atoms with Crippen LogP contribution in [0.3, 0.4) is 0 Å². The standard InChI is InChI=1S/C26H39FO/c1-3-5-6-7-20-8-10-21(11-9-20)22-12-14-23(15-13-22)24-16-17-25(19-28-4-2)26(27)18-24/h6-7,16-18,20-23H,3-5,8-15,19H2,1-2H3/b7-6+/t20?,21?,22-,23-. The highest BCUT2D eigenvalue weighted by Crippen LogP contribution is 2.44. The van der Waals surface area contributed by atoms with Crippen LogP contribution in [0.4, 0.5) is 4.39 Å². The molecule has 1 nitrogen and oxygen atoms in total. The van der Waals surface area contributed by atoms with Crippen molar-refractivity contribution in [2.75, 3.05) is 6.61 Å². The maximum atomic E-state index is 14.4. The summed E-state index contributed by atoms with van der Waals surface area (Å²) in [5.41, 5.74) is 1.88. The van der Waals surface area contributed by atoms with Gasteiger partial charge in [-0.2, -0.15) is 0 Å². The molecule has 2 heteroatoms. The second kappa shape index (κ2) is 11.1. The van der Waals surface area contributed by atoms with Gasteiger partial charge in [-0.3, -0.25) is 0 Å². The summed E-state index contributed by atoms with van der Waals surface area (Å²) in [5, 5.41) is 0. The third-order valence-corrected chi connectivity index (χ3v) is 7.13. The van der Waals surface area contributed by atoms with Gasteiger partial charge in [0.15, 0.2) is 0 Å². The van der Waals surface area contributed by atoms with E-state index in [1.165, 1.54) is 69.8 Å². The molecule has 2 saturated carbocycles. The highest BCUT2D eigenvalue weighted by molar-refractivity contribution is 5.27. The minimum atomic E-state index is -0.0949. The maximum Gasteiger partial charge on any atom is 0.129 e. The molecule has 2 aliphatic rings. The zero-order valence-electron chi connectivity index (χ0n) is 18.0. The normalized spacial score (nSPS) is 28.7. The van der Waals surface area contributed by atoms with Crippen molar-refractivity contribution in [3.8, 4) is 0 Å². The number of hydrogen-bond donors (Lipinski definition) is 0. The fourth-order valence-electron chi connectivity index (χ4n) is 5.33. The molecule has 0 aliphatic heterocycles. The Morgan fingerprint density at radius 2 is 1.64 bits per heavy atom. The van der Waals surface area contributed by atoms with Gasteiger partial charge < -0.3 is 4.74 Å². The minimum absolute atomic E-state index is 0.0949. The summed E-state index contributed by atoms with van der Waals surface area (Å²) in [6.07, 6.45) is 18.1. The topological polar surface area (TPSA) is 9.23 Å². The second-order valence-electron chi connectivity index (χ2n) is 8.99. The molecule has 0 bridgehead atoms. The van der Waals surface area contributed by atoms with Gasteiger partial charge in [0.05, 0.1) is 6.61 Å². The van der Waals surface area contributed by atoms with Crippen LogP contribution in [-0.4, -0.2) is 6.61 Å². The van der Waals surface area contributed by atoms with E-state index in [-0.39, 0.29) is 5.82 Å². The largest absolute Gasteiger partial charge is 0.377 e. The van der Waals surface area contributed by atoms with Crippen LogP contribution in [0, 0.1) is 23.6 Å². The van der Waals surface area contributed by atoms with Crippen molar-refractivity contribution >= 4 is 0 Å². The van der Waals surface area contributed by atoms with Crippen molar-refractivity contribution in [1.29, 1.82) is 0 Å². The molecular formula is C26H39FO. The van der Waals surface area contributed by atoms with Gasteiger partial charge in [-0.25, -0.2) is 4.39 Å². The summed E-state index contributed by atoms with van der Waals surface area (Å²) >= 11 is 0. The van der Waals surface area contributed by atoms with Gasteiger partial charge in [0.1, 0.15) is 5.82 Å². The van der Waals surface area contributed by atoms with Gasteiger partial charge in [0.2, 0.25) is 0 Å². The van der Waals surface area contributed by atoms with E-state index in [1.807, 2.05) is 13.0 Å². The van der Waals surface area contributed by atoms with Crippen LogP contribution >= 0.6 is 0 Å². The van der Waals surface area contributed by atoms with Gasteiger partial charge in [-0.1, -0.05) is 37.6 Å². The first-order valence-corrected chi connectivity index (χ1v) is 11.7. The van der Waals surface area contributed by atoms with Crippen LogP contribution in [0.5, 0.6) is 0 Å². The highest BCUT2D eigenvalue weighted by atomic mass is 19.1. The van der Waals surface area contributed by atoms with Crippen LogP contribution in [-0.2, 0) is 11.3 Å². The SMILES string of the molecule is CCC/C=C/C1CCC([C@H]2CC[C@H](c3ccc(COCC)c(F)c3)CC2)CC1. The molecule has 1 aromatic rings. The van der Waals surface area contributed by atoms with Gasteiger partial charge >= 0.3 is 0 Å². The fourth-order valence-corrected chi connectivity index (χ4v) is 5.33. The number of rotatable bonds is 8. The third kappa shape index (κ3) is 5.92. The first-order chi connectivity index (χ1) is 13.7. The van der Waals surface area contributed by atoms with E-state index in [2.05, 4.69) is 25.1 Å². The third-order valence-electron chi connectivity index (χ3n) is 7.13. The highest BCUT2D eigenvalue weighted by Gasteiger charge is 2.30. The number of benzene rings is 1. The number of ether oxygens (including phenoxy) is 1. The molecule has 3 rings (SSSR count). The van der Waals surface area contributed by atoms with Gasteiger partial charge in [-0.05, 0) is 100 Å². The summed E-state index contributed by atoms with van der Waals surface area (Å²) in [6.45, 7) is 5.20. The maximum absolute atomic E-state index is 14.4. The zero-order chi connectivity index (χ0) is 19.8. The number of hydrogen-bond acceptors (Lipinski definition) is 1. The van der Waals surface area contributed by atoms with Crippen molar-refractivity contribution in [2.24, 2.45) is 17.8 Å². The van der Waals surface area contributed by atoms with Crippen LogP contribution < -0.4 is 0 Å². The quantitative estimate of drug-likeness (QED) is 0.414. The predicted molar refractivity (Wildman–Crippen MR) is 116 cm³/mol. The predicted octanol–water partition coefficient (Wildman–Crippen LogP) is 7.80. The Kier molecular flexibility index (Phi) is 8.58. The molecule has 28 heavy (non-hydrogen) atoms. The van der Waals surface area contributed by atoms with Crippen LogP contribution in [0.25, 0.3) is 0 Å². The Hall–Kier alpha value is -1.15.